The molecule has 1 aliphatic carbocycles. The summed E-state index contributed by atoms with van der Waals surface area (Å²) in [6.07, 6.45) is 5.00. The van der Waals surface area contributed by atoms with Crippen molar-refractivity contribution in [3.05, 3.63) is 35.9 Å². The van der Waals surface area contributed by atoms with Crippen LogP contribution in [-0.4, -0.2) is 11.9 Å². The monoisotopic (exact) mass is 231 g/mol. The summed E-state index contributed by atoms with van der Waals surface area (Å²) in [6.45, 7) is 2.14. The average molecular weight is 231 g/mol. The third-order valence-electron chi connectivity index (χ3n) is 3.50. The molecule has 1 unspecified atom stereocenters. The first-order valence-corrected chi connectivity index (χ1v) is 6.40. The Morgan fingerprint density at radius 3 is 2.53 bits per heavy atom. The fourth-order valence-corrected chi connectivity index (χ4v) is 2.40. The fraction of sp³-hybridized carbons (Fsp3) is 0.500. The lowest BCUT2D eigenvalue weighted by atomic mass is 10.00. The summed E-state index contributed by atoms with van der Waals surface area (Å²) >= 11 is 0. The van der Waals surface area contributed by atoms with E-state index in [0.717, 1.165) is 5.84 Å². The SMILES string of the molecule is CC(C(=NC1CCCC1)NN)c1ccccc1. The van der Waals surface area contributed by atoms with Gasteiger partial charge in [0.15, 0.2) is 0 Å². The van der Waals surface area contributed by atoms with E-state index in [2.05, 4.69) is 36.6 Å². The van der Waals surface area contributed by atoms with Crippen molar-refractivity contribution in [3.63, 3.8) is 0 Å². The summed E-state index contributed by atoms with van der Waals surface area (Å²) in [4.78, 5) is 4.75. The Balaban J connectivity index is 2.12. The molecule has 1 aromatic rings. The highest BCUT2D eigenvalue weighted by atomic mass is 15.3. The van der Waals surface area contributed by atoms with Crippen LogP contribution >= 0.6 is 0 Å². The minimum absolute atomic E-state index is 0.238. The summed E-state index contributed by atoms with van der Waals surface area (Å²) < 4.78 is 0. The van der Waals surface area contributed by atoms with E-state index >= 15 is 0 Å². The van der Waals surface area contributed by atoms with Gasteiger partial charge in [-0.15, -0.1) is 0 Å². The number of nitrogens with one attached hydrogen (secondary N) is 1. The number of hydrazine groups is 1. The summed E-state index contributed by atoms with van der Waals surface area (Å²) in [7, 11) is 0. The second-order valence-corrected chi connectivity index (χ2v) is 4.73. The van der Waals surface area contributed by atoms with Gasteiger partial charge < -0.3 is 5.43 Å². The van der Waals surface area contributed by atoms with Gasteiger partial charge in [-0.2, -0.15) is 0 Å². The number of hydrogen-bond donors (Lipinski definition) is 2. The van der Waals surface area contributed by atoms with E-state index in [-0.39, 0.29) is 5.92 Å². The molecule has 1 saturated carbocycles. The van der Waals surface area contributed by atoms with Crippen molar-refractivity contribution in [2.45, 2.75) is 44.6 Å². The number of nitrogens with two attached hydrogens (primary N) is 1. The standard InChI is InChI=1S/C14H21N3/c1-11(12-7-3-2-4-8-12)14(17-15)16-13-9-5-6-10-13/h2-4,7-8,11,13H,5-6,9-10,15H2,1H3,(H,16,17). The van der Waals surface area contributed by atoms with Crippen LogP contribution in [0.15, 0.2) is 35.3 Å². The summed E-state index contributed by atoms with van der Waals surface area (Å²) in [5.74, 6) is 6.75. The van der Waals surface area contributed by atoms with Crippen LogP contribution in [0.1, 0.15) is 44.1 Å². The molecule has 0 aliphatic heterocycles. The lowest BCUT2D eigenvalue weighted by Gasteiger charge is -2.16. The van der Waals surface area contributed by atoms with Crippen molar-refractivity contribution in [1.82, 2.24) is 5.43 Å². The topological polar surface area (TPSA) is 50.4 Å². The van der Waals surface area contributed by atoms with Gasteiger partial charge in [0.05, 0.1) is 6.04 Å². The predicted molar refractivity (Wildman–Crippen MR) is 71.9 cm³/mol. The molecular formula is C14H21N3. The lowest BCUT2D eigenvalue weighted by molar-refractivity contribution is 0.690. The number of nitrogens with zero attached hydrogens (tertiary/aromatic N) is 1. The maximum Gasteiger partial charge on any atom is 0.118 e. The van der Waals surface area contributed by atoms with Crippen molar-refractivity contribution < 1.29 is 0 Å². The van der Waals surface area contributed by atoms with E-state index in [4.69, 9.17) is 10.8 Å². The molecular weight excluding hydrogens is 210 g/mol. The summed E-state index contributed by atoms with van der Waals surface area (Å²) in [5.41, 5.74) is 4.03. The zero-order valence-corrected chi connectivity index (χ0v) is 10.4. The number of amidine groups is 1. The van der Waals surface area contributed by atoms with Crippen molar-refractivity contribution in [1.29, 1.82) is 0 Å². The molecule has 92 valence electrons. The van der Waals surface area contributed by atoms with Crippen molar-refractivity contribution in [3.8, 4) is 0 Å². The van der Waals surface area contributed by atoms with E-state index in [9.17, 15) is 0 Å². The average Bonchev–Trinajstić information content (AvgIpc) is 2.89. The van der Waals surface area contributed by atoms with Crippen LogP contribution in [0.3, 0.4) is 0 Å². The zero-order chi connectivity index (χ0) is 12.1. The van der Waals surface area contributed by atoms with E-state index in [1.165, 1.54) is 31.2 Å². The fourth-order valence-electron chi connectivity index (χ4n) is 2.40. The second kappa shape index (κ2) is 5.82. The Morgan fingerprint density at radius 2 is 1.94 bits per heavy atom. The lowest BCUT2D eigenvalue weighted by Crippen LogP contribution is -2.35. The van der Waals surface area contributed by atoms with Crippen molar-refractivity contribution in [2.75, 3.05) is 0 Å². The Kier molecular flexibility index (Phi) is 4.15. The molecule has 1 aromatic carbocycles. The molecule has 1 fully saturated rings. The first-order valence-electron chi connectivity index (χ1n) is 6.40. The Labute approximate surface area is 103 Å². The number of benzene rings is 1. The van der Waals surface area contributed by atoms with Gasteiger partial charge in [0, 0.05) is 5.92 Å². The van der Waals surface area contributed by atoms with Gasteiger partial charge >= 0.3 is 0 Å². The molecule has 2 rings (SSSR count). The molecule has 3 N–H and O–H groups in total. The summed E-state index contributed by atoms with van der Waals surface area (Å²) in [5, 5.41) is 0. The van der Waals surface area contributed by atoms with E-state index in [0.29, 0.717) is 6.04 Å². The van der Waals surface area contributed by atoms with E-state index in [1.807, 2.05) is 6.07 Å². The van der Waals surface area contributed by atoms with Gasteiger partial charge in [-0.3, -0.25) is 4.99 Å². The maximum atomic E-state index is 5.61. The van der Waals surface area contributed by atoms with Gasteiger partial charge in [-0.05, 0) is 18.4 Å². The molecule has 0 spiro atoms. The molecule has 0 bridgehead atoms. The summed E-state index contributed by atoms with van der Waals surface area (Å²) in [6, 6.07) is 10.8. The first kappa shape index (κ1) is 12.1. The molecule has 17 heavy (non-hydrogen) atoms. The Bertz CT molecular complexity index is 366. The van der Waals surface area contributed by atoms with Gasteiger partial charge in [0.2, 0.25) is 0 Å². The van der Waals surface area contributed by atoms with Gasteiger partial charge in [-0.25, -0.2) is 5.84 Å². The number of aliphatic imine (C=N–C) groups is 1. The molecule has 0 saturated heterocycles. The second-order valence-electron chi connectivity index (χ2n) is 4.73. The van der Waals surface area contributed by atoms with Crippen LogP contribution in [-0.2, 0) is 0 Å². The third-order valence-corrected chi connectivity index (χ3v) is 3.50. The van der Waals surface area contributed by atoms with Crippen LogP contribution < -0.4 is 11.3 Å². The Hall–Kier alpha value is -1.35. The highest BCUT2D eigenvalue weighted by Crippen LogP contribution is 2.23. The van der Waals surface area contributed by atoms with Crippen LogP contribution in [0.2, 0.25) is 0 Å². The van der Waals surface area contributed by atoms with Crippen LogP contribution in [0, 0.1) is 0 Å². The largest absolute Gasteiger partial charge is 0.312 e. The van der Waals surface area contributed by atoms with Crippen molar-refractivity contribution in [2.24, 2.45) is 10.8 Å². The zero-order valence-electron chi connectivity index (χ0n) is 10.4. The number of rotatable bonds is 3. The molecule has 0 aromatic heterocycles. The van der Waals surface area contributed by atoms with Crippen LogP contribution in [0.5, 0.6) is 0 Å². The molecule has 1 atom stereocenters. The third kappa shape index (κ3) is 3.07. The molecule has 3 heteroatoms. The molecule has 0 amide bonds. The quantitative estimate of drug-likeness (QED) is 0.363. The van der Waals surface area contributed by atoms with Gasteiger partial charge in [0.25, 0.3) is 0 Å². The number of hydrogen-bond acceptors (Lipinski definition) is 2. The predicted octanol–water partition coefficient (Wildman–Crippen LogP) is 2.59. The normalized spacial score (nSPS) is 19.3. The molecule has 1 aliphatic rings. The van der Waals surface area contributed by atoms with Gasteiger partial charge in [-0.1, -0.05) is 50.1 Å². The Morgan fingerprint density at radius 1 is 1.29 bits per heavy atom. The van der Waals surface area contributed by atoms with Gasteiger partial charge in [0.1, 0.15) is 5.84 Å². The minimum atomic E-state index is 0.238. The van der Waals surface area contributed by atoms with E-state index in [1.54, 1.807) is 0 Å². The molecule has 0 radical (unpaired) electrons. The first-order chi connectivity index (χ1) is 8.31. The minimum Gasteiger partial charge on any atom is -0.312 e. The van der Waals surface area contributed by atoms with E-state index < -0.39 is 0 Å². The van der Waals surface area contributed by atoms with Crippen molar-refractivity contribution >= 4 is 5.84 Å². The smallest absolute Gasteiger partial charge is 0.118 e. The highest BCUT2D eigenvalue weighted by Gasteiger charge is 2.17. The van der Waals surface area contributed by atoms with Crippen LogP contribution in [0.4, 0.5) is 0 Å². The maximum absolute atomic E-state index is 5.61. The molecule has 3 nitrogen and oxygen atoms in total. The molecule has 0 heterocycles. The highest BCUT2D eigenvalue weighted by molar-refractivity contribution is 5.88. The van der Waals surface area contributed by atoms with Crippen LogP contribution in [0.25, 0.3) is 0 Å².